The van der Waals surface area contributed by atoms with Crippen molar-refractivity contribution in [3.8, 4) is 0 Å². The highest BCUT2D eigenvalue weighted by Crippen LogP contribution is 2.30. The molecule has 9 heteroatoms. The minimum absolute atomic E-state index is 0.0188. The number of rotatable bonds is 6. The second-order valence-corrected chi connectivity index (χ2v) is 7.81. The number of carbonyl (C=O) groups excluding carboxylic acids is 1. The zero-order valence-electron chi connectivity index (χ0n) is 17.6. The van der Waals surface area contributed by atoms with Gasteiger partial charge in [-0.25, -0.2) is 19.3 Å². The van der Waals surface area contributed by atoms with Gasteiger partial charge in [0, 0.05) is 30.7 Å². The van der Waals surface area contributed by atoms with Crippen molar-refractivity contribution in [3.05, 3.63) is 48.0 Å². The maximum absolute atomic E-state index is 15.0. The van der Waals surface area contributed by atoms with Gasteiger partial charge in [0.2, 0.25) is 0 Å². The molecule has 3 aromatic heterocycles. The highest BCUT2D eigenvalue weighted by Gasteiger charge is 2.30. The summed E-state index contributed by atoms with van der Waals surface area (Å²) >= 11 is 0. The third kappa shape index (κ3) is 4.27. The minimum atomic E-state index is -0.760. The van der Waals surface area contributed by atoms with Gasteiger partial charge in [-0.05, 0) is 44.2 Å². The molecule has 0 unspecified atom stereocenters. The number of nitrogens with zero attached hydrogens (tertiary/aromatic N) is 4. The lowest BCUT2D eigenvalue weighted by molar-refractivity contribution is 0.100. The van der Waals surface area contributed by atoms with Gasteiger partial charge < -0.3 is 21.3 Å². The molecule has 1 aliphatic rings. The molecular formula is C22H26FN7O. The summed E-state index contributed by atoms with van der Waals surface area (Å²) in [6.07, 6.45) is 7.44. The van der Waals surface area contributed by atoms with Gasteiger partial charge in [0.25, 0.3) is 5.91 Å². The van der Waals surface area contributed by atoms with Gasteiger partial charge in [-0.15, -0.1) is 0 Å². The molecular weight excluding hydrogens is 397 g/mol. The average Bonchev–Trinajstić information content (AvgIpc) is 2.79. The third-order valence-corrected chi connectivity index (χ3v) is 5.87. The summed E-state index contributed by atoms with van der Waals surface area (Å²) in [6.45, 7) is 0. The van der Waals surface area contributed by atoms with Gasteiger partial charge in [-0.3, -0.25) is 4.79 Å². The van der Waals surface area contributed by atoms with Crippen molar-refractivity contribution in [2.45, 2.75) is 37.8 Å². The molecule has 1 amide bonds. The Morgan fingerprint density at radius 2 is 2.06 bits per heavy atom. The van der Waals surface area contributed by atoms with Crippen molar-refractivity contribution in [1.29, 1.82) is 0 Å². The van der Waals surface area contributed by atoms with E-state index in [2.05, 4.69) is 25.6 Å². The molecule has 3 aromatic rings. The molecule has 0 bridgehead atoms. The summed E-state index contributed by atoms with van der Waals surface area (Å²) in [7, 11) is 3.76. The predicted octanol–water partition coefficient (Wildman–Crippen LogP) is 2.97. The van der Waals surface area contributed by atoms with E-state index < -0.39 is 11.7 Å². The third-order valence-electron chi connectivity index (χ3n) is 5.87. The summed E-state index contributed by atoms with van der Waals surface area (Å²) in [5, 5.41) is 7.24. The fraction of sp³-hybridized carbons (Fsp3) is 0.364. The Labute approximate surface area is 180 Å². The van der Waals surface area contributed by atoms with Gasteiger partial charge in [-0.1, -0.05) is 12.8 Å². The number of nitrogens with two attached hydrogens (primary N) is 1. The molecule has 0 aromatic carbocycles. The van der Waals surface area contributed by atoms with Crippen LogP contribution in [0.1, 0.15) is 36.0 Å². The summed E-state index contributed by atoms with van der Waals surface area (Å²) in [4.78, 5) is 26.8. The first-order valence-corrected chi connectivity index (χ1v) is 10.4. The Bertz CT molecular complexity index is 1110. The molecule has 162 valence electrons. The molecule has 2 atom stereocenters. The van der Waals surface area contributed by atoms with Crippen LogP contribution in [0.3, 0.4) is 0 Å². The van der Waals surface area contributed by atoms with Crippen molar-refractivity contribution in [3.63, 3.8) is 0 Å². The normalized spacial score (nSPS) is 18.7. The lowest BCUT2D eigenvalue weighted by atomic mass is 9.89. The van der Waals surface area contributed by atoms with E-state index in [9.17, 15) is 9.18 Å². The number of amides is 1. The molecule has 31 heavy (non-hydrogen) atoms. The number of hydrogen-bond acceptors (Lipinski definition) is 7. The Balaban J connectivity index is 1.71. The van der Waals surface area contributed by atoms with Crippen LogP contribution >= 0.6 is 0 Å². The average molecular weight is 423 g/mol. The Hall–Kier alpha value is -3.33. The topological polar surface area (TPSA) is 109 Å². The number of fused-ring (bicyclic) bond motifs is 1. The summed E-state index contributed by atoms with van der Waals surface area (Å²) in [6, 6.07) is 7.02. The minimum Gasteiger partial charge on any atom is -0.365 e. The number of hydrogen-bond donors (Lipinski definition) is 3. The second-order valence-electron chi connectivity index (χ2n) is 7.81. The van der Waals surface area contributed by atoms with E-state index in [1.54, 1.807) is 12.4 Å². The van der Waals surface area contributed by atoms with Crippen LogP contribution in [0.4, 0.5) is 21.7 Å². The van der Waals surface area contributed by atoms with E-state index in [0.717, 1.165) is 37.1 Å². The first-order valence-electron chi connectivity index (χ1n) is 10.4. The summed E-state index contributed by atoms with van der Waals surface area (Å²) < 4.78 is 15.0. The zero-order chi connectivity index (χ0) is 22.0. The molecule has 1 saturated carbocycles. The van der Waals surface area contributed by atoms with Crippen molar-refractivity contribution < 1.29 is 9.18 Å². The fourth-order valence-corrected chi connectivity index (χ4v) is 4.25. The first kappa shape index (κ1) is 20.9. The molecule has 8 nitrogen and oxygen atoms in total. The number of aromatic nitrogens is 3. The maximum Gasteiger partial charge on any atom is 0.252 e. The molecule has 4 N–H and O–H groups in total. The SMILES string of the molecule is CN[C@H]1CCCC[C@H]1N(C)c1nc(Nc2cnc3ncccc3c2)c(C(N)=O)cc1F. The number of nitrogens with one attached hydrogen (secondary N) is 2. The van der Waals surface area contributed by atoms with Gasteiger partial charge in [-0.2, -0.15) is 0 Å². The van der Waals surface area contributed by atoms with Crippen LogP contribution in [0.5, 0.6) is 0 Å². The van der Waals surface area contributed by atoms with E-state index in [1.165, 1.54) is 0 Å². The van der Waals surface area contributed by atoms with Crippen LogP contribution in [-0.2, 0) is 0 Å². The van der Waals surface area contributed by atoms with Gasteiger partial charge >= 0.3 is 0 Å². The number of halogens is 1. The number of likely N-dealkylation sites (N-methyl/N-ethyl adjacent to an activating group) is 2. The highest BCUT2D eigenvalue weighted by molar-refractivity contribution is 5.98. The number of carbonyl (C=O) groups is 1. The van der Waals surface area contributed by atoms with Crippen LogP contribution in [-0.4, -0.2) is 47.0 Å². The van der Waals surface area contributed by atoms with Crippen LogP contribution < -0.4 is 21.3 Å². The fourth-order valence-electron chi connectivity index (χ4n) is 4.25. The van der Waals surface area contributed by atoms with E-state index in [1.807, 2.05) is 37.2 Å². The van der Waals surface area contributed by atoms with Gasteiger partial charge in [0.05, 0.1) is 17.4 Å². The lowest BCUT2D eigenvalue weighted by Crippen LogP contribution is -2.50. The second kappa shape index (κ2) is 8.81. The van der Waals surface area contributed by atoms with Gasteiger partial charge in [0.1, 0.15) is 5.82 Å². The van der Waals surface area contributed by atoms with Crippen molar-refractivity contribution >= 4 is 34.3 Å². The molecule has 0 spiro atoms. The summed E-state index contributed by atoms with van der Waals surface area (Å²) in [5.74, 6) is -0.972. The summed E-state index contributed by atoms with van der Waals surface area (Å²) in [5.41, 5.74) is 6.69. The molecule has 0 saturated heterocycles. The van der Waals surface area contributed by atoms with Crippen LogP contribution in [0.2, 0.25) is 0 Å². The molecule has 4 rings (SSSR count). The Morgan fingerprint density at radius 3 is 2.84 bits per heavy atom. The van der Waals surface area contributed by atoms with E-state index >= 15 is 0 Å². The molecule has 0 radical (unpaired) electrons. The molecule has 1 aliphatic carbocycles. The zero-order valence-corrected chi connectivity index (χ0v) is 17.6. The molecule has 1 fully saturated rings. The van der Waals surface area contributed by atoms with Crippen LogP contribution in [0.15, 0.2) is 36.7 Å². The van der Waals surface area contributed by atoms with Crippen LogP contribution in [0, 0.1) is 5.82 Å². The smallest absolute Gasteiger partial charge is 0.252 e. The Kier molecular flexibility index (Phi) is 5.94. The predicted molar refractivity (Wildman–Crippen MR) is 119 cm³/mol. The lowest BCUT2D eigenvalue weighted by Gasteiger charge is -2.38. The van der Waals surface area contributed by atoms with Crippen LogP contribution in [0.25, 0.3) is 11.0 Å². The van der Waals surface area contributed by atoms with Crippen molar-refractivity contribution in [2.24, 2.45) is 5.73 Å². The van der Waals surface area contributed by atoms with E-state index in [0.29, 0.717) is 11.3 Å². The quantitative estimate of drug-likeness (QED) is 0.559. The monoisotopic (exact) mass is 423 g/mol. The maximum atomic E-state index is 15.0. The van der Waals surface area contributed by atoms with Crippen molar-refractivity contribution in [1.82, 2.24) is 20.3 Å². The van der Waals surface area contributed by atoms with E-state index in [-0.39, 0.29) is 29.3 Å². The number of primary amides is 1. The standard InChI is InChI=1S/C22H26FN7O/c1-25-17-7-3-4-8-18(17)30(2)22-16(23)11-15(19(24)31)21(29-22)28-14-10-13-6-5-9-26-20(13)27-12-14/h5-6,9-12,17-18,25H,3-4,7-8H2,1-2H3,(H2,24,31)(H,28,29)/t17-,18+/m0/s1. The first-order chi connectivity index (χ1) is 15.0. The highest BCUT2D eigenvalue weighted by atomic mass is 19.1. The van der Waals surface area contributed by atoms with E-state index in [4.69, 9.17) is 5.73 Å². The molecule has 0 aliphatic heterocycles. The molecule has 3 heterocycles. The largest absolute Gasteiger partial charge is 0.365 e. The number of pyridine rings is 3. The van der Waals surface area contributed by atoms with Gasteiger partial charge in [0.15, 0.2) is 17.3 Å². The Morgan fingerprint density at radius 1 is 1.26 bits per heavy atom. The number of anilines is 3. The van der Waals surface area contributed by atoms with Crippen molar-refractivity contribution in [2.75, 3.05) is 24.3 Å².